The molecule has 0 saturated heterocycles. The van der Waals surface area contributed by atoms with Crippen LogP contribution in [0.15, 0.2) is 53.0 Å². The summed E-state index contributed by atoms with van der Waals surface area (Å²) in [4.78, 5) is 0. The molecule has 0 aliphatic heterocycles. The SMILES string of the molecule is O=S(O)Cc1cccc(Cc2ccc(Br)cc2)c1. The monoisotopic (exact) mass is 324 g/mol. The first kappa shape index (κ1) is 13.5. The van der Waals surface area contributed by atoms with Crippen LogP contribution in [0.1, 0.15) is 16.7 Å². The van der Waals surface area contributed by atoms with Crippen LogP contribution in [0.25, 0.3) is 0 Å². The van der Waals surface area contributed by atoms with Crippen molar-refractivity contribution in [3.05, 3.63) is 69.7 Å². The van der Waals surface area contributed by atoms with E-state index in [2.05, 4.69) is 28.1 Å². The molecule has 0 bridgehead atoms. The van der Waals surface area contributed by atoms with Gasteiger partial charge in [-0.25, -0.2) is 4.21 Å². The number of benzene rings is 2. The molecule has 0 amide bonds. The fraction of sp³-hybridized carbons (Fsp3) is 0.143. The molecule has 1 unspecified atom stereocenters. The maximum atomic E-state index is 10.8. The van der Waals surface area contributed by atoms with Gasteiger partial charge in [-0.05, 0) is 35.2 Å². The van der Waals surface area contributed by atoms with E-state index in [1.165, 1.54) is 5.56 Å². The Balaban J connectivity index is 2.13. The molecule has 2 nitrogen and oxygen atoms in total. The molecular weight excluding hydrogens is 312 g/mol. The Morgan fingerprint density at radius 3 is 2.33 bits per heavy atom. The third kappa shape index (κ3) is 4.05. The van der Waals surface area contributed by atoms with Gasteiger partial charge in [0.25, 0.3) is 0 Å². The quantitative estimate of drug-likeness (QED) is 0.869. The van der Waals surface area contributed by atoms with Gasteiger partial charge in [0.05, 0.1) is 5.75 Å². The Labute approximate surface area is 117 Å². The molecule has 4 heteroatoms. The van der Waals surface area contributed by atoms with Crippen LogP contribution in [0.5, 0.6) is 0 Å². The summed E-state index contributed by atoms with van der Waals surface area (Å²) in [6, 6.07) is 16.0. The highest BCUT2D eigenvalue weighted by molar-refractivity contribution is 9.10. The highest BCUT2D eigenvalue weighted by Gasteiger charge is 2.01. The first-order chi connectivity index (χ1) is 8.63. The van der Waals surface area contributed by atoms with Crippen LogP contribution >= 0.6 is 15.9 Å². The van der Waals surface area contributed by atoms with E-state index >= 15 is 0 Å². The van der Waals surface area contributed by atoms with Crippen molar-refractivity contribution in [1.29, 1.82) is 0 Å². The zero-order chi connectivity index (χ0) is 13.0. The summed E-state index contributed by atoms with van der Waals surface area (Å²) in [5, 5.41) is 0. The average molecular weight is 325 g/mol. The van der Waals surface area contributed by atoms with Gasteiger partial charge in [0.15, 0.2) is 11.1 Å². The number of rotatable bonds is 4. The molecular formula is C14H13BrO2S. The fourth-order valence-electron chi connectivity index (χ4n) is 1.81. The lowest BCUT2D eigenvalue weighted by atomic mass is 10.0. The van der Waals surface area contributed by atoms with Crippen LogP contribution in [-0.4, -0.2) is 8.76 Å². The first-order valence-corrected chi connectivity index (χ1v) is 7.60. The molecule has 2 rings (SSSR count). The van der Waals surface area contributed by atoms with Crippen molar-refractivity contribution in [3.8, 4) is 0 Å². The topological polar surface area (TPSA) is 37.3 Å². The Morgan fingerprint density at radius 2 is 1.67 bits per heavy atom. The van der Waals surface area contributed by atoms with E-state index < -0.39 is 11.1 Å². The Morgan fingerprint density at radius 1 is 1.00 bits per heavy atom. The van der Waals surface area contributed by atoms with Crippen molar-refractivity contribution in [2.24, 2.45) is 0 Å². The molecule has 0 saturated carbocycles. The van der Waals surface area contributed by atoms with E-state index in [-0.39, 0.29) is 5.75 Å². The summed E-state index contributed by atoms with van der Waals surface area (Å²) in [6.07, 6.45) is 0.833. The lowest BCUT2D eigenvalue weighted by Gasteiger charge is -2.04. The summed E-state index contributed by atoms with van der Waals surface area (Å²) in [7, 11) is 0. The van der Waals surface area contributed by atoms with Crippen LogP contribution in [-0.2, 0) is 23.3 Å². The predicted octanol–water partition coefficient (Wildman–Crippen LogP) is 3.76. The number of halogens is 1. The van der Waals surface area contributed by atoms with Gasteiger partial charge < -0.3 is 4.55 Å². The zero-order valence-corrected chi connectivity index (χ0v) is 12.1. The van der Waals surface area contributed by atoms with E-state index in [9.17, 15) is 4.21 Å². The minimum atomic E-state index is -1.78. The normalized spacial score (nSPS) is 12.3. The first-order valence-electron chi connectivity index (χ1n) is 5.53. The molecule has 2 aromatic carbocycles. The van der Waals surface area contributed by atoms with Crippen LogP contribution in [0.4, 0.5) is 0 Å². The van der Waals surface area contributed by atoms with Gasteiger partial charge in [-0.1, -0.05) is 52.3 Å². The predicted molar refractivity (Wildman–Crippen MR) is 77.9 cm³/mol. The van der Waals surface area contributed by atoms with Gasteiger partial charge in [0, 0.05) is 4.47 Å². The lowest BCUT2D eigenvalue weighted by molar-refractivity contribution is 0.563. The molecule has 0 spiro atoms. The molecule has 0 heterocycles. The van der Waals surface area contributed by atoms with Crippen molar-refractivity contribution in [2.75, 3.05) is 0 Å². The molecule has 94 valence electrons. The fourth-order valence-corrected chi connectivity index (χ4v) is 2.54. The second-order valence-electron chi connectivity index (χ2n) is 4.09. The summed E-state index contributed by atoms with van der Waals surface area (Å²) in [5.41, 5.74) is 3.27. The Bertz CT molecular complexity index is 552. The molecule has 1 N–H and O–H groups in total. The van der Waals surface area contributed by atoms with E-state index in [0.717, 1.165) is 22.0 Å². The maximum absolute atomic E-state index is 10.8. The van der Waals surface area contributed by atoms with E-state index in [4.69, 9.17) is 4.55 Å². The summed E-state index contributed by atoms with van der Waals surface area (Å²) in [6.45, 7) is 0. The third-order valence-corrected chi connectivity index (χ3v) is 3.71. The van der Waals surface area contributed by atoms with Gasteiger partial charge in [-0.15, -0.1) is 0 Å². The van der Waals surface area contributed by atoms with Crippen LogP contribution < -0.4 is 0 Å². The van der Waals surface area contributed by atoms with Gasteiger partial charge in [-0.2, -0.15) is 0 Å². The van der Waals surface area contributed by atoms with Gasteiger partial charge in [-0.3, -0.25) is 0 Å². The molecule has 0 aliphatic carbocycles. The maximum Gasteiger partial charge on any atom is 0.157 e. The summed E-state index contributed by atoms with van der Waals surface area (Å²) < 4.78 is 20.7. The smallest absolute Gasteiger partial charge is 0.157 e. The molecule has 1 atom stereocenters. The molecule has 0 fully saturated rings. The summed E-state index contributed by atoms with van der Waals surface area (Å²) >= 11 is 1.63. The molecule has 2 aromatic rings. The zero-order valence-electron chi connectivity index (χ0n) is 9.67. The standard InChI is InChI=1S/C14H13BrO2S/c15-14-6-4-11(5-7-14)8-12-2-1-3-13(9-12)10-18(16)17/h1-7,9H,8,10H2,(H,16,17). The largest absolute Gasteiger partial charge is 0.306 e. The van der Waals surface area contributed by atoms with Crippen molar-refractivity contribution in [1.82, 2.24) is 0 Å². The number of hydrogen-bond acceptors (Lipinski definition) is 1. The summed E-state index contributed by atoms with van der Waals surface area (Å²) in [5.74, 6) is 0.189. The van der Waals surface area contributed by atoms with Crippen molar-refractivity contribution < 1.29 is 8.76 Å². The Hall–Kier alpha value is -0.970. The van der Waals surface area contributed by atoms with E-state index in [1.54, 1.807) is 0 Å². The van der Waals surface area contributed by atoms with Crippen molar-refractivity contribution >= 4 is 27.0 Å². The van der Waals surface area contributed by atoms with Gasteiger partial charge in [0.1, 0.15) is 0 Å². The minimum Gasteiger partial charge on any atom is -0.306 e. The van der Waals surface area contributed by atoms with Crippen LogP contribution in [0.3, 0.4) is 0 Å². The molecule has 0 aliphatic rings. The number of hydrogen-bond donors (Lipinski definition) is 1. The van der Waals surface area contributed by atoms with E-state index in [0.29, 0.717) is 0 Å². The molecule has 18 heavy (non-hydrogen) atoms. The second kappa shape index (κ2) is 6.27. The highest BCUT2D eigenvalue weighted by atomic mass is 79.9. The highest BCUT2D eigenvalue weighted by Crippen LogP contribution is 2.15. The Kier molecular flexibility index (Phi) is 4.69. The van der Waals surface area contributed by atoms with Gasteiger partial charge in [0.2, 0.25) is 0 Å². The van der Waals surface area contributed by atoms with E-state index in [1.807, 2.05) is 36.4 Å². The lowest BCUT2D eigenvalue weighted by Crippen LogP contribution is -1.95. The van der Waals surface area contributed by atoms with Gasteiger partial charge >= 0.3 is 0 Å². The molecule has 0 radical (unpaired) electrons. The third-order valence-electron chi connectivity index (χ3n) is 2.60. The average Bonchev–Trinajstić information content (AvgIpc) is 2.32. The molecule has 0 aromatic heterocycles. The second-order valence-corrected chi connectivity index (χ2v) is 5.94. The van der Waals surface area contributed by atoms with Crippen LogP contribution in [0.2, 0.25) is 0 Å². The van der Waals surface area contributed by atoms with Crippen molar-refractivity contribution in [2.45, 2.75) is 12.2 Å². The minimum absolute atomic E-state index is 0.189. The van der Waals surface area contributed by atoms with Crippen molar-refractivity contribution in [3.63, 3.8) is 0 Å². The van der Waals surface area contributed by atoms with Crippen LogP contribution in [0, 0.1) is 0 Å².